The number of nitrogens with one attached hydrogen (secondary N) is 2. The minimum absolute atomic E-state index is 0. The van der Waals surface area contributed by atoms with Gasteiger partial charge in [0.25, 0.3) is 0 Å². The first kappa shape index (κ1) is 24.7. The van der Waals surface area contributed by atoms with Crippen LogP contribution in [-0.2, 0) is 29.5 Å². The molecule has 0 spiro atoms. The molecule has 2 N–H and O–H groups in total. The van der Waals surface area contributed by atoms with Crippen LogP contribution < -0.4 is 10.6 Å². The molecule has 0 bridgehead atoms. The number of rotatable bonds is 8. The van der Waals surface area contributed by atoms with Crippen molar-refractivity contribution in [1.29, 1.82) is 0 Å². The number of hydrogen-bond acceptors (Lipinski definition) is 4. The van der Waals surface area contributed by atoms with E-state index in [4.69, 9.17) is 14.3 Å². The lowest BCUT2D eigenvalue weighted by molar-refractivity contribution is 0.0514. The number of hydrogen-bond donors (Lipinski definition) is 2. The van der Waals surface area contributed by atoms with Gasteiger partial charge in [0.1, 0.15) is 5.76 Å². The molecule has 166 valence electrons. The number of aromatic nitrogens is 1. The minimum atomic E-state index is 0. The topological polar surface area (TPSA) is 71.7 Å². The molecule has 0 saturated carbocycles. The first-order chi connectivity index (χ1) is 14.2. The van der Waals surface area contributed by atoms with Crippen LogP contribution >= 0.6 is 24.0 Å². The van der Waals surface area contributed by atoms with Crippen molar-refractivity contribution in [3.8, 4) is 0 Å². The summed E-state index contributed by atoms with van der Waals surface area (Å²) in [4.78, 5) is 4.85. The number of benzene rings is 1. The van der Waals surface area contributed by atoms with E-state index in [0.717, 1.165) is 75.0 Å². The zero-order valence-electron chi connectivity index (χ0n) is 18.4. The van der Waals surface area contributed by atoms with Crippen LogP contribution in [0.4, 0.5) is 0 Å². The number of nitrogens with zero attached hydrogens (tertiary/aromatic N) is 2. The number of ether oxygens (including phenoxy) is 1. The fourth-order valence-electron chi connectivity index (χ4n) is 3.99. The highest BCUT2D eigenvalue weighted by Crippen LogP contribution is 2.34. The second-order valence-electron chi connectivity index (χ2n) is 7.55. The Hall–Kier alpha value is -1.61. The van der Waals surface area contributed by atoms with Gasteiger partial charge in [0.05, 0.1) is 12.2 Å². The molecule has 3 rings (SSSR count). The van der Waals surface area contributed by atoms with Gasteiger partial charge in [-0.25, -0.2) is 4.99 Å². The third-order valence-electron chi connectivity index (χ3n) is 5.78. The third kappa shape index (κ3) is 5.97. The molecule has 2 heterocycles. The van der Waals surface area contributed by atoms with E-state index in [1.165, 1.54) is 5.56 Å². The Labute approximate surface area is 197 Å². The largest absolute Gasteiger partial charge is 0.381 e. The van der Waals surface area contributed by atoms with Gasteiger partial charge < -0.3 is 19.9 Å². The SMILES string of the molecule is CCNC(=NCc1c(CC)noc1CC)NCC1(c2ccccc2)CCOCC1.I. The molecule has 1 fully saturated rings. The number of aliphatic imine (C=N–C) groups is 1. The Kier molecular flexibility index (Phi) is 10.1. The average Bonchev–Trinajstić information content (AvgIpc) is 3.19. The second-order valence-corrected chi connectivity index (χ2v) is 7.55. The van der Waals surface area contributed by atoms with Crippen LogP contribution in [0.3, 0.4) is 0 Å². The summed E-state index contributed by atoms with van der Waals surface area (Å²) in [6.07, 6.45) is 3.71. The van der Waals surface area contributed by atoms with Crippen LogP contribution in [0.5, 0.6) is 0 Å². The maximum absolute atomic E-state index is 5.66. The van der Waals surface area contributed by atoms with Gasteiger partial charge in [-0.1, -0.05) is 49.3 Å². The Bertz CT molecular complexity index is 764. The zero-order valence-corrected chi connectivity index (χ0v) is 20.7. The molecule has 0 atom stereocenters. The fourth-order valence-corrected chi connectivity index (χ4v) is 3.99. The number of halogens is 1. The van der Waals surface area contributed by atoms with E-state index in [1.807, 2.05) is 0 Å². The molecule has 0 radical (unpaired) electrons. The van der Waals surface area contributed by atoms with E-state index < -0.39 is 0 Å². The Balaban J connectivity index is 0.00000320. The zero-order chi connectivity index (χ0) is 20.5. The van der Waals surface area contributed by atoms with Crippen molar-refractivity contribution < 1.29 is 9.26 Å². The minimum Gasteiger partial charge on any atom is -0.381 e. The predicted octanol–water partition coefficient (Wildman–Crippen LogP) is 4.22. The van der Waals surface area contributed by atoms with Crippen molar-refractivity contribution in [3.05, 3.63) is 52.9 Å². The van der Waals surface area contributed by atoms with Crippen LogP contribution in [0.25, 0.3) is 0 Å². The van der Waals surface area contributed by atoms with Gasteiger partial charge in [0, 0.05) is 43.7 Å². The van der Waals surface area contributed by atoms with Crippen molar-refractivity contribution in [2.45, 2.75) is 58.4 Å². The molecule has 1 aromatic heterocycles. The lowest BCUT2D eigenvalue weighted by Gasteiger charge is -2.38. The smallest absolute Gasteiger partial charge is 0.191 e. The van der Waals surface area contributed by atoms with Crippen molar-refractivity contribution in [2.75, 3.05) is 26.3 Å². The summed E-state index contributed by atoms with van der Waals surface area (Å²) in [5.41, 5.74) is 3.56. The molecule has 1 saturated heterocycles. The summed E-state index contributed by atoms with van der Waals surface area (Å²) in [5.74, 6) is 1.77. The van der Waals surface area contributed by atoms with Crippen molar-refractivity contribution in [1.82, 2.24) is 15.8 Å². The molecule has 6 nitrogen and oxygen atoms in total. The molecular weight excluding hydrogens is 491 g/mol. The van der Waals surface area contributed by atoms with E-state index in [0.29, 0.717) is 6.54 Å². The van der Waals surface area contributed by atoms with Gasteiger partial charge in [0.15, 0.2) is 5.96 Å². The van der Waals surface area contributed by atoms with Crippen LogP contribution in [0.1, 0.15) is 56.2 Å². The molecule has 1 aromatic carbocycles. The van der Waals surface area contributed by atoms with E-state index >= 15 is 0 Å². The summed E-state index contributed by atoms with van der Waals surface area (Å²) < 4.78 is 11.1. The normalized spacial score (nSPS) is 16.0. The van der Waals surface area contributed by atoms with E-state index in [1.54, 1.807) is 0 Å². The summed E-state index contributed by atoms with van der Waals surface area (Å²) in [6, 6.07) is 10.8. The summed E-state index contributed by atoms with van der Waals surface area (Å²) >= 11 is 0. The van der Waals surface area contributed by atoms with Crippen molar-refractivity contribution >= 4 is 29.9 Å². The van der Waals surface area contributed by atoms with Gasteiger partial charge in [0.2, 0.25) is 0 Å². The molecule has 7 heteroatoms. The van der Waals surface area contributed by atoms with Gasteiger partial charge >= 0.3 is 0 Å². The Morgan fingerprint density at radius 3 is 2.43 bits per heavy atom. The van der Waals surface area contributed by atoms with E-state index in [9.17, 15) is 0 Å². The molecule has 30 heavy (non-hydrogen) atoms. The van der Waals surface area contributed by atoms with Crippen molar-refractivity contribution in [2.24, 2.45) is 4.99 Å². The van der Waals surface area contributed by atoms with Gasteiger partial charge in [-0.2, -0.15) is 0 Å². The van der Waals surface area contributed by atoms with Crippen LogP contribution in [-0.4, -0.2) is 37.4 Å². The average molecular weight is 526 g/mol. The van der Waals surface area contributed by atoms with Crippen LogP contribution in [0.2, 0.25) is 0 Å². The standard InChI is InChI=1S/C23H34N4O2.HI/c1-4-20-19(21(5-2)29-27-20)16-25-22(24-6-3)26-17-23(12-14-28-15-13-23)18-10-8-7-9-11-18;/h7-11H,4-6,12-17H2,1-3H3,(H2,24,25,26);1H. The summed E-state index contributed by atoms with van der Waals surface area (Å²) in [6.45, 7) is 10.1. The van der Waals surface area contributed by atoms with E-state index in [2.05, 4.69) is 66.9 Å². The molecular formula is C23H35IN4O2. The van der Waals surface area contributed by atoms with Crippen LogP contribution in [0, 0.1) is 0 Å². The summed E-state index contributed by atoms with van der Waals surface area (Å²) in [7, 11) is 0. The number of guanidine groups is 1. The molecule has 1 aliphatic rings. The highest BCUT2D eigenvalue weighted by Gasteiger charge is 2.34. The number of aryl methyl sites for hydroxylation is 2. The highest BCUT2D eigenvalue weighted by atomic mass is 127. The molecule has 1 aliphatic heterocycles. The van der Waals surface area contributed by atoms with Gasteiger partial charge in [-0.15, -0.1) is 24.0 Å². The van der Waals surface area contributed by atoms with Gasteiger partial charge in [-0.05, 0) is 31.7 Å². The first-order valence-corrected chi connectivity index (χ1v) is 10.8. The lowest BCUT2D eigenvalue weighted by Crippen LogP contribution is -2.48. The quantitative estimate of drug-likeness (QED) is 0.306. The van der Waals surface area contributed by atoms with Gasteiger partial charge in [-0.3, -0.25) is 0 Å². The predicted molar refractivity (Wildman–Crippen MR) is 132 cm³/mol. The fraction of sp³-hybridized carbons (Fsp3) is 0.565. The maximum atomic E-state index is 5.66. The monoisotopic (exact) mass is 526 g/mol. The Morgan fingerprint density at radius 1 is 1.07 bits per heavy atom. The molecule has 2 aromatic rings. The maximum Gasteiger partial charge on any atom is 0.191 e. The first-order valence-electron chi connectivity index (χ1n) is 10.8. The molecule has 0 aliphatic carbocycles. The van der Waals surface area contributed by atoms with Crippen LogP contribution in [0.15, 0.2) is 39.8 Å². The third-order valence-corrected chi connectivity index (χ3v) is 5.78. The molecule has 0 unspecified atom stereocenters. The lowest BCUT2D eigenvalue weighted by atomic mass is 9.74. The highest BCUT2D eigenvalue weighted by molar-refractivity contribution is 14.0. The Morgan fingerprint density at radius 2 is 1.80 bits per heavy atom. The van der Waals surface area contributed by atoms with E-state index in [-0.39, 0.29) is 29.4 Å². The summed E-state index contributed by atoms with van der Waals surface area (Å²) in [5, 5.41) is 11.2. The second kappa shape index (κ2) is 12.3. The molecule has 0 amide bonds. The van der Waals surface area contributed by atoms with Crippen molar-refractivity contribution in [3.63, 3.8) is 0 Å².